The number of hydrogen-bond acceptors (Lipinski definition) is 2. The third-order valence-corrected chi connectivity index (χ3v) is 3.90. The molecule has 0 aliphatic rings. The highest BCUT2D eigenvalue weighted by Gasteiger charge is 2.14. The summed E-state index contributed by atoms with van der Waals surface area (Å²) in [6.07, 6.45) is 0. The van der Waals surface area contributed by atoms with Crippen molar-refractivity contribution >= 4 is 33.2 Å². The Hall–Kier alpha value is -2.94. The van der Waals surface area contributed by atoms with E-state index in [0.717, 1.165) is 16.7 Å². The van der Waals surface area contributed by atoms with Crippen molar-refractivity contribution in [2.75, 3.05) is 11.5 Å². The molecule has 0 aliphatic carbocycles. The molecule has 1 heterocycles. The molecule has 3 aromatic carbocycles. The van der Waals surface area contributed by atoms with Crippen molar-refractivity contribution in [1.82, 2.24) is 4.57 Å². The molecule has 0 fully saturated rings. The minimum Gasteiger partial charge on any atom is -0.397 e. The van der Waals surface area contributed by atoms with Gasteiger partial charge in [-0.1, -0.05) is 42.5 Å². The van der Waals surface area contributed by atoms with Gasteiger partial charge in [-0.25, -0.2) is 0 Å². The third kappa shape index (κ3) is 1.61. The number of nitrogens with two attached hydrogens (primary N) is 2. The zero-order chi connectivity index (χ0) is 14.4. The van der Waals surface area contributed by atoms with E-state index < -0.39 is 0 Å². The second-order valence-corrected chi connectivity index (χ2v) is 5.15. The molecule has 0 aliphatic heterocycles. The Morgan fingerprint density at radius 1 is 0.571 bits per heavy atom. The van der Waals surface area contributed by atoms with Gasteiger partial charge in [0.1, 0.15) is 0 Å². The van der Waals surface area contributed by atoms with Crippen molar-refractivity contribution in [1.29, 1.82) is 0 Å². The van der Waals surface area contributed by atoms with Crippen molar-refractivity contribution in [3.05, 3.63) is 66.7 Å². The Morgan fingerprint density at radius 2 is 1.05 bits per heavy atom. The highest BCUT2D eigenvalue weighted by molar-refractivity contribution is 6.10. The predicted octanol–water partition coefficient (Wildman–Crippen LogP) is 3.95. The van der Waals surface area contributed by atoms with Gasteiger partial charge in [0, 0.05) is 10.8 Å². The van der Waals surface area contributed by atoms with E-state index in [9.17, 15) is 0 Å². The van der Waals surface area contributed by atoms with Crippen LogP contribution in [0, 0.1) is 0 Å². The number of benzene rings is 3. The number of hydrogen-bond donors (Lipinski definition) is 2. The molecule has 4 N–H and O–H groups in total. The van der Waals surface area contributed by atoms with Gasteiger partial charge in [-0.3, -0.25) is 0 Å². The van der Waals surface area contributed by atoms with E-state index in [1.807, 2.05) is 30.3 Å². The first-order chi connectivity index (χ1) is 10.3. The van der Waals surface area contributed by atoms with Crippen LogP contribution in [0.1, 0.15) is 0 Å². The fourth-order valence-corrected chi connectivity index (χ4v) is 3.00. The number of aromatic nitrogens is 1. The van der Waals surface area contributed by atoms with E-state index in [-0.39, 0.29) is 0 Å². The molecule has 0 radical (unpaired) electrons. The third-order valence-electron chi connectivity index (χ3n) is 3.90. The minimum atomic E-state index is 0.682. The molecule has 0 amide bonds. The molecular formula is C18H15N3. The van der Waals surface area contributed by atoms with Crippen LogP contribution in [0.15, 0.2) is 66.7 Å². The van der Waals surface area contributed by atoms with E-state index in [0.29, 0.717) is 11.4 Å². The number of nitrogen functional groups attached to an aromatic ring is 2. The molecule has 3 nitrogen and oxygen atoms in total. The van der Waals surface area contributed by atoms with Gasteiger partial charge in [-0.15, -0.1) is 0 Å². The van der Waals surface area contributed by atoms with Crippen LogP contribution in [-0.2, 0) is 0 Å². The molecule has 0 bridgehead atoms. The summed E-state index contributed by atoms with van der Waals surface area (Å²) in [5.74, 6) is 0. The average molecular weight is 273 g/mol. The molecule has 4 rings (SSSR count). The topological polar surface area (TPSA) is 57.0 Å². The van der Waals surface area contributed by atoms with Gasteiger partial charge >= 0.3 is 0 Å². The molecule has 0 atom stereocenters. The van der Waals surface area contributed by atoms with Gasteiger partial charge < -0.3 is 16.0 Å². The lowest BCUT2D eigenvalue weighted by atomic mass is 10.2. The van der Waals surface area contributed by atoms with Crippen LogP contribution < -0.4 is 11.5 Å². The van der Waals surface area contributed by atoms with E-state index >= 15 is 0 Å². The normalized spacial score (nSPS) is 11.2. The van der Waals surface area contributed by atoms with Gasteiger partial charge in [-0.2, -0.15) is 0 Å². The zero-order valence-electron chi connectivity index (χ0n) is 11.5. The summed E-state index contributed by atoms with van der Waals surface area (Å²) < 4.78 is 2.15. The molecular weight excluding hydrogens is 258 g/mol. The van der Waals surface area contributed by atoms with E-state index in [1.165, 1.54) is 10.8 Å². The number of para-hydroxylation sites is 3. The molecule has 3 heteroatoms. The van der Waals surface area contributed by atoms with Crippen molar-refractivity contribution in [3.63, 3.8) is 0 Å². The average Bonchev–Trinajstić information content (AvgIpc) is 2.83. The molecule has 0 spiro atoms. The second kappa shape index (κ2) is 4.28. The standard InChI is InChI=1S/C18H15N3/c19-14-8-5-9-15(20)18(14)21-16-10-3-1-6-12(16)13-7-2-4-11-17(13)21/h1-11H,19-20H2. The van der Waals surface area contributed by atoms with Crippen molar-refractivity contribution in [2.45, 2.75) is 0 Å². The fraction of sp³-hybridized carbons (Fsp3) is 0. The summed E-state index contributed by atoms with van der Waals surface area (Å²) in [6, 6.07) is 22.3. The molecule has 0 unspecified atom stereocenters. The van der Waals surface area contributed by atoms with Gasteiger partial charge in [0.05, 0.1) is 28.1 Å². The molecule has 0 saturated heterocycles. The quantitative estimate of drug-likeness (QED) is 0.516. The Morgan fingerprint density at radius 3 is 1.57 bits per heavy atom. The van der Waals surface area contributed by atoms with Gasteiger partial charge in [0.15, 0.2) is 0 Å². The number of anilines is 2. The molecule has 4 aromatic rings. The maximum Gasteiger partial charge on any atom is 0.0924 e. The molecule has 21 heavy (non-hydrogen) atoms. The second-order valence-electron chi connectivity index (χ2n) is 5.15. The van der Waals surface area contributed by atoms with Gasteiger partial charge in [0.25, 0.3) is 0 Å². The molecule has 0 saturated carbocycles. The van der Waals surface area contributed by atoms with Crippen LogP contribution in [0.5, 0.6) is 0 Å². The van der Waals surface area contributed by atoms with Crippen LogP contribution in [0.2, 0.25) is 0 Å². The first kappa shape index (κ1) is 11.9. The van der Waals surface area contributed by atoms with Crippen LogP contribution in [-0.4, -0.2) is 4.57 Å². The lowest BCUT2D eigenvalue weighted by Crippen LogP contribution is -2.03. The number of nitrogens with zero attached hydrogens (tertiary/aromatic N) is 1. The first-order valence-corrected chi connectivity index (χ1v) is 6.90. The highest BCUT2D eigenvalue weighted by atomic mass is 15.0. The van der Waals surface area contributed by atoms with E-state index in [1.54, 1.807) is 0 Å². The Kier molecular flexibility index (Phi) is 2.42. The van der Waals surface area contributed by atoms with Crippen LogP contribution in [0.25, 0.3) is 27.5 Å². The summed E-state index contributed by atoms with van der Waals surface area (Å²) in [4.78, 5) is 0. The van der Waals surface area contributed by atoms with Gasteiger partial charge in [-0.05, 0) is 24.3 Å². The summed E-state index contributed by atoms with van der Waals surface area (Å²) in [5.41, 5.74) is 16.8. The largest absolute Gasteiger partial charge is 0.397 e. The van der Waals surface area contributed by atoms with Gasteiger partial charge in [0.2, 0.25) is 0 Å². The Bertz CT molecular complexity index is 893. The predicted molar refractivity (Wildman–Crippen MR) is 89.6 cm³/mol. The first-order valence-electron chi connectivity index (χ1n) is 6.90. The molecule has 1 aromatic heterocycles. The smallest absolute Gasteiger partial charge is 0.0924 e. The van der Waals surface area contributed by atoms with E-state index in [4.69, 9.17) is 11.5 Å². The molecule has 102 valence electrons. The van der Waals surface area contributed by atoms with Crippen LogP contribution in [0.3, 0.4) is 0 Å². The Labute approximate surface area is 122 Å². The lowest BCUT2D eigenvalue weighted by molar-refractivity contribution is 1.19. The fourth-order valence-electron chi connectivity index (χ4n) is 3.00. The summed E-state index contributed by atoms with van der Waals surface area (Å²) in [7, 11) is 0. The lowest BCUT2D eigenvalue weighted by Gasteiger charge is -2.13. The van der Waals surface area contributed by atoms with Crippen LogP contribution in [0.4, 0.5) is 11.4 Å². The van der Waals surface area contributed by atoms with Crippen molar-refractivity contribution < 1.29 is 0 Å². The van der Waals surface area contributed by atoms with Crippen molar-refractivity contribution in [3.8, 4) is 5.69 Å². The SMILES string of the molecule is Nc1cccc(N)c1-n1c2ccccc2c2ccccc21. The number of fused-ring (bicyclic) bond motifs is 3. The zero-order valence-corrected chi connectivity index (χ0v) is 11.5. The summed E-state index contributed by atoms with van der Waals surface area (Å²) >= 11 is 0. The maximum atomic E-state index is 6.19. The van der Waals surface area contributed by atoms with E-state index in [2.05, 4.69) is 41.0 Å². The monoisotopic (exact) mass is 273 g/mol. The summed E-state index contributed by atoms with van der Waals surface area (Å²) in [6.45, 7) is 0. The highest BCUT2D eigenvalue weighted by Crippen LogP contribution is 2.35. The Balaban J connectivity index is 2.26. The maximum absolute atomic E-state index is 6.19. The van der Waals surface area contributed by atoms with Crippen molar-refractivity contribution in [2.24, 2.45) is 0 Å². The van der Waals surface area contributed by atoms with Crippen LogP contribution >= 0.6 is 0 Å². The number of rotatable bonds is 1. The summed E-state index contributed by atoms with van der Waals surface area (Å²) in [5, 5.41) is 2.41. The minimum absolute atomic E-state index is 0.682.